The van der Waals surface area contributed by atoms with Gasteiger partial charge in [0.15, 0.2) is 10.4 Å². The van der Waals surface area contributed by atoms with E-state index in [0.717, 1.165) is 34.5 Å². The maximum atomic E-state index is 5.35. The fourth-order valence-electron chi connectivity index (χ4n) is 2.05. The van der Waals surface area contributed by atoms with Crippen LogP contribution in [-0.2, 0) is 0 Å². The molecule has 0 spiro atoms. The smallest absolute Gasteiger partial charge is 0.179 e. The van der Waals surface area contributed by atoms with Crippen molar-refractivity contribution in [2.45, 2.75) is 39.7 Å². The lowest BCUT2D eigenvalue weighted by atomic mass is 10.2. The monoisotopic (exact) mass is 235 g/mol. The Morgan fingerprint density at radius 3 is 2.94 bits per heavy atom. The standard InChI is InChI=1S/C12H17N3S/c1-4-5-9(3)15-11-10(14-12(15)16)7-6-8(2)13-11/h6-7,9H,4-5H2,1-3H3,(H,14,16). The van der Waals surface area contributed by atoms with Crippen LogP contribution in [0, 0.1) is 11.7 Å². The predicted octanol–water partition coefficient (Wildman–Crippen LogP) is 3.76. The van der Waals surface area contributed by atoms with E-state index in [9.17, 15) is 0 Å². The number of aromatic nitrogens is 3. The summed E-state index contributed by atoms with van der Waals surface area (Å²) in [5.41, 5.74) is 3.03. The van der Waals surface area contributed by atoms with Gasteiger partial charge in [-0.15, -0.1) is 0 Å². The van der Waals surface area contributed by atoms with Gasteiger partial charge in [0.1, 0.15) is 0 Å². The normalized spacial score (nSPS) is 13.2. The van der Waals surface area contributed by atoms with E-state index in [4.69, 9.17) is 12.2 Å². The van der Waals surface area contributed by atoms with Crippen LogP contribution in [0.25, 0.3) is 11.2 Å². The van der Waals surface area contributed by atoms with Gasteiger partial charge in [0.2, 0.25) is 0 Å². The molecule has 3 nitrogen and oxygen atoms in total. The number of nitrogens with zero attached hydrogens (tertiary/aromatic N) is 2. The second kappa shape index (κ2) is 4.37. The third-order valence-electron chi connectivity index (χ3n) is 2.85. The Bertz CT molecular complexity index is 553. The number of imidazole rings is 1. The van der Waals surface area contributed by atoms with E-state index in [1.807, 2.05) is 19.1 Å². The Morgan fingerprint density at radius 1 is 1.50 bits per heavy atom. The molecule has 86 valence electrons. The second-order valence-corrected chi connectivity index (χ2v) is 4.65. The molecule has 0 aliphatic rings. The van der Waals surface area contributed by atoms with Gasteiger partial charge in [0.05, 0.1) is 5.52 Å². The van der Waals surface area contributed by atoms with Gasteiger partial charge in [0.25, 0.3) is 0 Å². The Balaban J connectivity index is 2.62. The van der Waals surface area contributed by atoms with Crippen LogP contribution in [0.2, 0.25) is 0 Å². The highest BCUT2D eigenvalue weighted by molar-refractivity contribution is 7.71. The first-order chi connectivity index (χ1) is 7.63. The molecular formula is C12H17N3S. The first-order valence-electron chi connectivity index (χ1n) is 5.71. The predicted molar refractivity (Wildman–Crippen MR) is 69.3 cm³/mol. The van der Waals surface area contributed by atoms with Crippen LogP contribution in [0.15, 0.2) is 12.1 Å². The van der Waals surface area contributed by atoms with Crippen molar-refractivity contribution in [3.8, 4) is 0 Å². The largest absolute Gasteiger partial charge is 0.329 e. The average molecular weight is 235 g/mol. The Morgan fingerprint density at radius 2 is 2.25 bits per heavy atom. The van der Waals surface area contributed by atoms with Gasteiger partial charge < -0.3 is 4.98 Å². The summed E-state index contributed by atoms with van der Waals surface area (Å²) in [5.74, 6) is 0. The molecule has 0 amide bonds. The molecule has 4 heteroatoms. The second-order valence-electron chi connectivity index (χ2n) is 4.26. The van der Waals surface area contributed by atoms with E-state index in [0.29, 0.717) is 6.04 Å². The van der Waals surface area contributed by atoms with Gasteiger partial charge in [-0.1, -0.05) is 13.3 Å². The molecule has 0 bridgehead atoms. The lowest BCUT2D eigenvalue weighted by Crippen LogP contribution is -2.05. The van der Waals surface area contributed by atoms with Crippen LogP contribution >= 0.6 is 12.2 Å². The molecule has 1 N–H and O–H groups in total. The summed E-state index contributed by atoms with van der Waals surface area (Å²) >= 11 is 5.35. The first kappa shape index (κ1) is 11.3. The highest BCUT2D eigenvalue weighted by Gasteiger charge is 2.11. The fourth-order valence-corrected chi connectivity index (χ4v) is 2.43. The molecule has 0 saturated carbocycles. The maximum absolute atomic E-state index is 5.35. The van der Waals surface area contributed by atoms with Crippen LogP contribution in [0.5, 0.6) is 0 Å². The molecule has 0 saturated heterocycles. The van der Waals surface area contributed by atoms with Crippen molar-refractivity contribution in [3.05, 3.63) is 22.6 Å². The quantitative estimate of drug-likeness (QED) is 0.822. The molecule has 16 heavy (non-hydrogen) atoms. The molecule has 2 aromatic heterocycles. The lowest BCUT2D eigenvalue weighted by molar-refractivity contribution is 0.504. The van der Waals surface area contributed by atoms with E-state index in [1.165, 1.54) is 0 Å². The number of aryl methyl sites for hydroxylation is 1. The third kappa shape index (κ3) is 1.89. The van der Waals surface area contributed by atoms with Gasteiger partial charge in [0, 0.05) is 11.7 Å². The first-order valence-corrected chi connectivity index (χ1v) is 6.12. The fraction of sp³-hybridized carbons (Fsp3) is 0.500. The van der Waals surface area contributed by atoms with Gasteiger partial charge in [-0.3, -0.25) is 4.57 Å². The summed E-state index contributed by atoms with van der Waals surface area (Å²) in [5, 5.41) is 0. The molecule has 0 radical (unpaired) electrons. The Kier molecular flexibility index (Phi) is 3.10. The summed E-state index contributed by atoms with van der Waals surface area (Å²) in [4.78, 5) is 7.77. The van der Waals surface area contributed by atoms with E-state index >= 15 is 0 Å². The molecule has 2 heterocycles. The van der Waals surface area contributed by atoms with E-state index < -0.39 is 0 Å². The van der Waals surface area contributed by atoms with E-state index in [-0.39, 0.29) is 0 Å². The van der Waals surface area contributed by atoms with Crippen LogP contribution < -0.4 is 0 Å². The zero-order chi connectivity index (χ0) is 11.7. The minimum absolute atomic E-state index is 0.403. The van der Waals surface area contributed by atoms with Crippen molar-refractivity contribution in [2.24, 2.45) is 0 Å². The number of pyridine rings is 1. The molecule has 2 rings (SSSR count). The summed E-state index contributed by atoms with van der Waals surface area (Å²) in [6.07, 6.45) is 2.28. The van der Waals surface area contributed by atoms with Crippen LogP contribution in [0.3, 0.4) is 0 Å². The minimum Gasteiger partial charge on any atom is -0.329 e. The highest BCUT2D eigenvalue weighted by Crippen LogP contribution is 2.20. The average Bonchev–Trinajstić information content (AvgIpc) is 2.53. The third-order valence-corrected chi connectivity index (χ3v) is 3.15. The lowest BCUT2D eigenvalue weighted by Gasteiger charge is -2.12. The topological polar surface area (TPSA) is 33.6 Å². The highest BCUT2D eigenvalue weighted by atomic mass is 32.1. The zero-order valence-electron chi connectivity index (χ0n) is 9.95. The number of H-pyrrole nitrogens is 1. The van der Waals surface area contributed by atoms with Crippen LogP contribution in [-0.4, -0.2) is 14.5 Å². The number of nitrogens with one attached hydrogen (secondary N) is 1. The molecule has 0 aliphatic carbocycles. The minimum atomic E-state index is 0.403. The van der Waals surface area contributed by atoms with Gasteiger partial charge >= 0.3 is 0 Å². The van der Waals surface area contributed by atoms with Crippen molar-refractivity contribution in [2.75, 3.05) is 0 Å². The molecule has 1 atom stereocenters. The number of fused-ring (bicyclic) bond motifs is 1. The van der Waals surface area contributed by atoms with Crippen molar-refractivity contribution >= 4 is 23.4 Å². The number of rotatable bonds is 3. The van der Waals surface area contributed by atoms with Gasteiger partial charge in [-0.25, -0.2) is 4.98 Å². The maximum Gasteiger partial charge on any atom is 0.179 e. The van der Waals surface area contributed by atoms with Gasteiger partial charge in [-0.2, -0.15) is 0 Å². The number of hydrogen-bond donors (Lipinski definition) is 1. The summed E-state index contributed by atoms with van der Waals surface area (Å²) in [6.45, 7) is 6.38. The Hall–Kier alpha value is -1.16. The molecule has 0 aliphatic heterocycles. The molecule has 2 aromatic rings. The van der Waals surface area contributed by atoms with E-state index in [1.54, 1.807) is 0 Å². The van der Waals surface area contributed by atoms with Crippen molar-refractivity contribution in [1.29, 1.82) is 0 Å². The molecule has 0 fully saturated rings. The van der Waals surface area contributed by atoms with Crippen LogP contribution in [0.1, 0.15) is 38.4 Å². The van der Waals surface area contributed by atoms with Crippen molar-refractivity contribution in [3.63, 3.8) is 0 Å². The number of aromatic amines is 1. The summed E-state index contributed by atoms with van der Waals surface area (Å²) in [6, 6.07) is 4.45. The van der Waals surface area contributed by atoms with E-state index in [2.05, 4.69) is 28.4 Å². The molecular weight excluding hydrogens is 218 g/mol. The SMILES string of the molecule is CCCC(C)n1c(=S)[nH]c2ccc(C)nc21. The number of hydrogen-bond acceptors (Lipinski definition) is 2. The van der Waals surface area contributed by atoms with Crippen LogP contribution in [0.4, 0.5) is 0 Å². The zero-order valence-corrected chi connectivity index (χ0v) is 10.8. The molecule has 1 unspecified atom stereocenters. The van der Waals surface area contributed by atoms with Crippen molar-refractivity contribution in [1.82, 2.24) is 14.5 Å². The summed E-state index contributed by atoms with van der Waals surface area (Å²) < 4.78 is 2.90. The Labute approximate surface area is 101 Å². The molecule has 0 aromatic carbocycles. The summed E-state index contributed by atoms with van der Waals surface area (Å²) in [7, 11) is 0. The van der Waals surface area contributed by atoms with Gasteiger partial charge in [-0.05, 0) is 44.6 Å². The van der Waals surface area contributed by atoms with Crippen molar-refractivity contribution < 1.29 is 0 Å².